The van der Waals surface area contributed by atoms with Crippen molar-refractivity contribution < 1.29 is 4.79 Å². The van der Waals surface area contributed by atoms with Crippen LogP contribution in [0.1, 0.15) is 29.0 Å². The number of halogens is 3. The van der Waals surface area contributed by atoms with E-state index in [9.17, 15) is 4.79 Å². The zero-order chi connectivity index (χ0) is 18.0. The van der Waals surface area contributed by atoms with Gasteiger partial charge in [0.25, 0.3) is 0 Å². The molecule has 142 valence electrons. The average Bonchev–Trinajstić information content (AvgIpc) is 3.05. The topological polar surface area (TPSA) is 58.4 Å². The predicted octanol–water partition coefficient (Wildman–Crippen LogP) is 4.04. The molecule has 3 rings (SSSR count). The van der Waals surface area contributed by atoms with Crippen LogP contribution in [0.2, 0.25) is 10.0 Å². The van der Waals surface area contributed by atoms with Gasteiger partial charge in [-0.25, -0.2) is 0 Å². The summed E-state index contributed by atoms with van der Waals surface area (Å²) < 4.78 is 0. The van der Waals surface area contributed by atoms with Crippen molar-refractivity contribution in [2.45, 2.75) is 32.0 Å². The van der Waals surface area contributed by atoms with Crippen molar-refractivity contribution in [3.8, 4) is 0 Å². The Kier molecular flexibility index (Phi) is 7.76. The van der Waals surface area contributed by atoms with Gasteiger partial charge in [0.15, 0.2) is 0 Å². The van der Waals surface area contributed by atoms with E-state index < -0.39 is 6.04 Å². The number of nitrogens with zero attached hydrogens (tertiary/aromatic N) is 1. The molecule has 1 aliphatic heterocycles. The summed E-state index contributed by atoms with van der Waals surface area (Å²) in [6.45, 7) is 3.96. The minimum absolute atomic E-state index is 0. The summed E-state index contributed by atoms with van der Waals surface area (Å²) >= 11 is 14.1. The molecule has 2 unspecified atom stereocenters. The van der Waals surface area contributed by atoms with Gasteiger partial charge in [0.1, 0.15) is 0 Å². The van der Waals surface area contributed by atoms with Crippen LogP contribution in [0.3, 0.4) is 0 Å². The van der Waals surface area contributed by atoms with Crippen LogP contribution in [0.5, 0.6) is 0 Å². The molecule has 1 aromatic carbocycles. The number of carbonyl (C=O) groups is 1. The zero-order valence-electron chi connectivity index (χ0n) is 14.4. The van der Waals surface area contributed by atoms with Crippen molar-refractivity contribution in [3.05, 3.63) is 55.7 Å². The van der Waals surface area contributed by atoms with Crippen molar-refractivity contribution in [2.24, 2.45) is 5.73 Å². The molecule has 2 heterocycles. The maximum Gasteiger partial charge on any atom is 0.236 e. The second-order valence-electron chi connectivity index (χ2n) is 6.31. The van der Waals surface area contributed by atoms with Crippen LogP contribution in [0.4, 0.5) is 0 Å². The zero-order valence-corrected chi connectivity index (χ0v) is 17.5. The normalized spacial score (nSPS) is 16.3. The second-order valence-corrected chi connectivity index (χ2v) is 8.13. The van der Waals surface area contributed by atoms with E-state index in [2.05, 4.69) is 21.7 Å². The van der Waals surface area contributed by atoms with Crippen LogP contribution in [-0.4, -0.2) is 29.9 Å². The van der Waals surface area contributed by atoms with E-state index >= 15 is 0 Å². The van der Waals surface area contributed by atoms with Crippen molar-refractivity contribution >= 4 is 52.9 Å². The quantitative estimate of drug-likeness (QED) is 0.746. The lowest BCUT2D eigenvalue weighted by Crippen LogP contribution is -2.44. The van der Waals surface area contributed by atoms with Crippen LogP contribution in [-0.2, 0) is 17.8 Å². The minimum atomic E-state index is -0.528. The first-order valence-corrected chi connectivity index (χ1v) is 9.87. The number of rotatable bonds is 5. The summed E-state index contributed by atoms with van der Waals surface area (Å²) in [4.78, 5) is 15.8. The third kappa shape index (κ3) is 4.91. The number of carbonyl (C=O) groups excluding carboxylic acids is 1. The Bertz CT molecular complexity index is 766. The van der Waals surface area contributed by atoms with E-state index in [0.29, 0.717) is 16.6 Å². The van der Waals surface area contributed by atoms with Crippen molar-refractivity contribution in [3.63, 3.8) is 0 Å². The predicted molar refractivity (Wildman–Crippen MR) is 112 cm³/mol. The minimum Gasteiger partial charge on any atom is -0.353 e. The lowest BCUT2D eigenvalue weighted by atomic mass is 10.0. The Labute approximate surface area is 174 Å². The Morgan fingerprint density at radius 3 is 2.81 bits per heavy atom. The summed E-state index contributed by atoms with van der Waals surface area (Å²) in [6, 6.07) is 7.33. The Morgan fingerprint density at radius 2 is 2.12 bits per heavy atom. The van der Waals surface area contributed by atoms with E-state index in [1.54, 1.807) is 13.0 Å². The molecule has 0 saturated carbocycles. The van der Waals surface area contributed by atoms with Crippen LogP contribution in [0.15, 0.2) is 29.6 Å². The molecule has 0 spiro atoms. The van der Waals surface area contributed by atoms with Gasteiger partial charge in [-0.15, -0.1) is 23.7 Å². The second kappa shape index (κ2) is 9.40. The van der Waals surface area contributed by atoms with Crippen molar-refractivity contribution in [1.82, 2.24) is 10.2 Å². The SMILES string of the molecule is CC(N)C(=O)NCC(c1ccc(Cl)c(Cl)c1)N1CCc2sccc2C1.Cl. The Hall–Kier alpha value is -0.820. The van der Waals surface area contributed by atoms with Gasteiger partial charge in [-0.05, 0) is 48.1 Å². The molecule has 8 heteroatoms. The maximum atomic E-state index is 11.9. The van der Waals surface area contributed by atoms with E-state index in [0.717, 1.165) is 25.1 Å². The smallest absolute Gasteiger partial charge is 0.236 e. The fourth-order valence-corrected chi connectivity index (χ4v) is 4.27. The molecule has 0 fully saturated rings. The number of hydrogen-bond donors (Lipinski definition) is 2. The molecule has 3 N–H and O–H groups in total. The molecule has 26 heavy (non-hydrogen) atoms. The first-order chi connectivity index (χ1) is 12.0. The first-order valence-electron chi connectivity index (χ1n) is 8.23. The van der Waals surface area contributed by atoms with Crippen LogP contribution < -0.4 is 11.1 Å². The lowest BCUT2D eigenvalue weighted by Gasteiger charge is -2.35. The lowest BCUT2D eigenvalue weighted by molar-refractivity contribution is -0.122. The fourth-order valence-electron chi connectivity index (χ4n) is 3.07. The van der Waals surface area contributed by atoms with Gasteiger partial charge in [0, 0.05) is 24.5 Å². The molecular weight excluding hydrogens is 413 g/mol. The van der Waals surface area contributed by atoms with E-state index in [1.807, 2.05) is 23.5 Å². The van der Waals surface area contributed by atoms with Crippen molar-refractivity contribution in [1.29, 1.82) is 0 Å². The van der Waals surface area contributed by atoms with E-state index in [-0.39, 0.29) is 24.4 Å². The monoisotopic (exact) mass is 433 g/mol. The number of nitrogens with one attached hydrogen (secondary N) is 1. The van der Waals surface area contributed by atoms with E-state index in [1.165, 1.54) is 10.4 Å². The number of amides is 1. The number of fused-ring (bicyclic) bond motifs is 1. The molecular formula is C18H22Cl3N3OS. The van der Waals surface area contributed by atoms with Gasteiger partial charge in [-0.1, -0.05) is 29.3 Å². The standard InChI is InChI=1S/C18H21Cl2N3OS.ClH/c1-11(21)18(24)22-9-16(12-2-3-14(19)15(20)8-12)23-6-4-17-13(10-23)5-7-25-17;/h2-3,5,7-8,11,16H,4,6,9-10,21H2,1H3,(H,22,24);1H. The molecule has 0 saturated heterocycles. The summed E-state index contributed by atoms with van der Waals surface area (Å²) in [5, 5.41) is 6.14. The average molecular weight is 435 g/mol. The third-order valence-electron chi connectivity index (χ3n) is 4.49. The number of benzene rings is 1. The molecule has 1 aliphatic rings. The molecule has 2 atom stereocenters. The largest absolute Gasteiger partial charge is 0.353 e. The van der Waals surface area contributed by atoms with Crippen LogP contribution in [0, 0.1) is 0 Å². The molecule has 0 bridgehead atoms. The van der Waals surface area contributed by atoms with Crippen LogP contribution in [0.25, 0.3) is 0 Å². The highest BCUT2D eigenvalue weighted by atomic mass is 35.5. The van der Waals surface area contributed by atoms with Gasteiger partial charge in [-0.3, -0.25) is 9.69 Å². The summed E-state index contributed by atoms with van der Waals surface area (Å²) in [7, 11) is 0. The van der Waals surface area contributed by atoms with Gasteiger partial charge in [0.2, 0.25) is 5.91 Å². The number of nitrogens with two attached hydrogens (primary N) is 1. The molecule has 1 amide bonds. The van der Waals surface area contributed by atoms with E-state index in [4.69, 9.17) is 28.9 Å². The van der Waals surface area contributed by atoms with Crippen LogP contribution >= 0.6 is 46.9 Å². The van der Waals surface area contributed by atoms with Gasteiger partial charge >= 0.3 is 0 Å². The highest BCUT2D eigenvalue weighted by Gasteiger charge is 2.26. The van der Waals surface area contributed by atoms with Gasteiger partial charge in [0.05, 0.1) is 22.1 Å². The summed E-state index contributed by atoms with van der Waals surface area (Å²) in [6.07, 6.45) is 1.02. The Morgan fingerprint density at radius 1 is 1.35 bits per heavy atom. The summed E-state index contributed by atoms with van der Waals surface area (Å²) in [5.74, 6) is -0.154. The maximum absolute atomic E-state index is 11.9. The third-order valence-corrected chi connectivity index (χ3v) is 6.25. The highest BCUT2D eigenvalue weighted by molar-refractivity contribution is 7.10. The molecule has 0 aliphatic carbocycles. The molecule has 4 nitrogen and oxygen atoms in total. The van der Waals surface area contributed by atoms with Gasteiger partial charge in [-0.2, -0.15) is 0 Å². The molecule has 0 radical (unpaired) electrons. The number of hydrogen-bond acceptors (Lipinski definition) is 4. The number of thiophene rings is 1. The van der Waals surface area contributed by atoms with Crippen molar-refractivity contribution in [2.75, 3.05) is 13.1 Å². The highest BCUT2D eigenvalue weighted by Crippen LogP contribution is 2.32. The summed E-state index contributed by atoms with van der Waals surface area (Å²) in [5.41, 5.74) is 8.07. The first kappa shape index (κ1) is 21.5. The van der Waals surface area contributed by atoms with Gasteiger partial charge < -0.3 is 11.1 Å². The molecule has 1 aromatic heterocycles. The fraction of sp³-hybridized carbons (Fsp3) is 0.389. The molecule has 2 aromatic rings. The Balaban J connectivity index is 0.00000243.